The van der Waals surface area contributed by atoms with E-state index in [0.717, 1.165) is 17.7 Å². The molecule has 0 aliphatic rings. The highest BCUT2D eigenvalue weighted by Crippen LogP contribution is 2.31. The Morgan fingerprint density at radius 3 is 2.62 bits per heavy atom. The fraction of sp³-hybridized carbons (Fsp3) is 0.267. The molecule has 3 nitrogen and oxygen atoms in total. The van der Waals surface area contributed by atoms with E-state index in [9.17, 15) is 13.2 Å². The maximum Gasteiger partial charge on any atom is 0.416 e. The van der Waals surface area contributed by atoms with Gasteiger partial charge < -0.3 is 10.5 Å². The maximum atomic E-state index is 12.6. The van der Waals surface area contributed by atoms with Gasteiger partial charge in [-0.3, -0.25) is 4.98 Å². The lowest BCUT2D eigenvalue weighted by Gasteiger charge is -2.16. The lowest BCUT2D eigenvalue weighted by atomic mass is 10.0. The van der Waals surface area contributed by atoms with E-state index in [1.54, 1.807) is 18.5 Å². The van der Waals surface area contributed by atoms with Crippen molar-refractivity contribution in [1.82, 2.24) is 4.98 Å². The van der Waals surface area contributed by atoms with E-state index < -0.39 is 11.7 Å². The van der Waals surface area contributed by atoms with E-state index in [4.69, 9.17) is 10.5 Å². The molecule has 0 fully saturated rings. The van der Waals surface area contributed by atoms with Gasteiger partial charge in [0, 0.05) is 24.9 Å². The van der Waals surface area contributed by atoms with Gasteiger partial charge in [0.15, 0.2) is 0 Å². The summed E-state index contributed by atoms with van der Waals surface area (Å²) in [5.41, 5.74) is 5.84. The standard InChI is InChI=1S/C15H15F3N2O/c16-15(17,18)13-4-1-5-14(7-13)21-10-12(8-19)11-3-2-6-20-9-11/h1-7,9,12H,8,10,19H2. The first kappa shape index (κ1) is 15.3. The summed E-state index contributed by atoms with van der Waals surface area (Å²) in [6, 6.07) is 8.44. The molecule has 0 aliphatic heterocycles. The van der Waals surface area contributed by atoms with Crippen LogP contribution in [0.3, 0.4) is 0 Å². The van der Waals surface area contributed by atoms with Gasteiger partial charge >= 0.3 is 6.18 Å². The van der Waals surface area contributed by atoms with Crippen LogP contribution in [0, 0.1) is 0 Å². The lowest BCUT2D eigenvalue weighted by Crippen LogP contribution is -2.20. The van der Waals surface area contributed by atoms with Crippen molar-refractivity contribution in [1.29, 1.82) is 0 Å². The van der Waals surface area contributed by atoms with E-state index in [1.165, 1.54) is 12.1 Å². The van der Waals surface area contributed by atoms with Gasteiger partial charge in [0.1, 0.15) is 5.75 Å². The summed E-state index contributed by atoms with van der Waals surface area (Å²) in [5.74, 6) is 0.0559. The molecule has 112 valence electrons. The third-order valence-electron chi connectivity index (χ3n) is 3.05. The Kier molecular flexibility index (Phi) is 4.80. The second-order valence-electron chi connectivity index (χ2n) is 4.56. The van der Waals surface area contributed by atoms with Gasteiger partial charge in [-0.05, 0) is 29.8 Å². The smallest absolute Gasteiger partial charge is 0.416 e. The van der Waals surface area contributed by atoms with Crippen molar-refractivity contribution >= 4 is 0 Å². The minimum Gasteiger partial charge on any atom is -0.493 e. The largest absolute Gasteiger partial charge is 0.493 e. The lowest BCUT2D eigenvalue weighted by molar-refractivity contribution is -0.137. The number of alkyl halides is 3. The third-order valence-corrected chi connectivity index (χ3v) is 3.05. The molecule has 1 aromatic carbocycles. The van der Waals surface area contributed by atoms with Crippen LogP contribution in [0.4, 0.5) is 13.2 Å². The highest BCUT2D eigenvalue weighted by molar-refractivity contribution is 5.30. The molecule has 0 aliphatic carbocycles. The van der Waals surface area contributed by atoms with Crippen LogP contribution in [-0.2, 0) is 6.18 Å². The van der Waals surface area contributed by atoms with Crippen molar-refractivity contribution in [2.75, 3.05) is 13.2 Å². The molecule has 6 heteroatoms. The van der Waals surface area contributed by atoms with Gasteiger partial charge in [-0.15, -0.1) is 0 Å². The molecule has 0 radical (unpaired) electrons. The number of benzene rings is 1. The van der Waals surface area contributed by atoms with E-state index in [-0.39, 0.29) is 18.3 Å². The molecule has 2 rings (SSSR count). The van der Waals surface area contributed by atoms with Crippen molar-refractivity contribution in [3.8, 4) is 5.75 Å². The molecule has 1 atom stereocenters. The van der Waals surface area contributed by atoms with Crippen LogP contribution in [-0.4, -0.2) is 18.1 Å². The van der Waals surface area contributed by atoms with Gasteiger partial charge in [0.25, 0.3) is 0 Å². The Morgan fingerprint density at radius 1 is 1.19 bits per heavy atom. The molecule has 1 aromatic heterocycles. The first-order valence-corrected chi connectivity index (χ1v) is 6.40. The van der Waals surface area contributed by atoms with Crippen LogP contribution in [0.5, 0.6) is 5.75 Å². The minimum atomic E-state index is -4.38. The van der Waals surface area contributed by atoms with Crippen molar-refractivity contribution in [2.24, 2.45) is 5.73 Å². The predicted octanol–water partition coefficient (Wildman–Crippen LogP) is 3.22. The molecule has 0 amide bonds. The minimum absolute atomic E-state index is 0.117. The Morgan fingerprint density at radius 2 is 2.00 bits per heavy atom. The van der Waals surface area contributed by atoms with Crippen LogP contribution < -0.4 is 10.5 Å². The van der Waals surface area contributed by atoms with Gasteiger partial charge in [-0.2, -0.15) is 13.2 Å². The van der Waals surface area contributed by atoms with Crippen LogP contribution in [0.25, 0.3) is 0 Å². The number of hydrogen-bond donors (Lipinski definition) is 1. The molecule has 2 N–H and O–H groups in total. The molecular formula is C15H15F3N2O. The number of aromatic nitrogens is 1. The van der Waals surface area contributed by atoms with Gasteiger partial charge in [0.2, 0.25) is 0 Å². The highest BCUT2D eigenvalue weighted by atomic mass is 19.4. The SMILES string of the molecule is NCC(COc1cccc(C(F)(F)F)c1)c1cccnc1. The van der Waals surface area contributed by atoms with Crippen LogP contribution in [0.1, 0.15) is 17.0 Å². The Labute approximate surface area is 120 Å². The van der Waals surface area contributed by atoms with E-state index in [2.05, 4.69) is 4.98 Å². The van der Waals surface area contributed by atoms with Gasteiger partial charge in [-0.1, -0.05) is 12.1 Å². The number of nitrogens with two attached hydrogens (primary N) is 1. The molecule has 2 aromatic rings. The maximum absolute atomic E-state index is 12.6. The molecule has 0 spiro atoms. The zero-order chi connectivity index (χ0) is 15.3. The Balaban J connectivity index is 2.05. The normalized spacial score (nSPS) is 13.0. The van der Waals surface area contributed by atoms with Gasteiger partial charge in [0.05, 0.1) is 12.2 Å². The second-order valence-corrected chi connectivity index (χ2v) is 4.56. The van der Waals surface area contributed by atoms with Gasteiger partial charge in [-0.25, -0.2) is 0 Å². The molecule has 1 heterocycles. The molecule has 21 heavy (non-hydrogen) atoms. The molecule has 0 saturated carbocycles. The van der Waals surface area contributed by atoms with E-state index in [1.807, 2.05) is 6.07 Å². The summed E-state index contributed by atoms with van der Waals surface area (Å²) in [4.78, 5) is 4.00. The zero-order valence-corrected chi connectivity index (χ0v) is 11.2. The average Bonchev–Trinajstić information content (AvgIpc) is 2.48. The molecular weight excluding hydrogens is 281 g/mol. The Hall–Kier alpha value is -2.08. The van der Waals surface area contributed by atoms with Crippen molar-refractivity contribution in [3.63, 3.8) is 0 Å². The molecule has 0 bridgehead atoms. The van der Waals surface area contributed by atoms with E-state index >= 15 is 0 Å². The monoisotopic (exact) mass is 296 g/mol. The fourth-order valence-corrected chi connectivity index (χ4v) is 1.88. The van der Waals surface area contributed by atoms with Crippen molar-refractivity contribution < 1.29 is 17.9 Å². The number of hydrogen-bond acceptors (Lipinski definition) is 3. The zero-order valence-electron chi connectivity index (χ0n) is 11.2. The summed E-state index contributed by atoms with van der Waals surface area (Å²) >= 11 is 0. The summed E-state index contributed by atoms with van der Waals surface area (Å²) < 4.78 is 43.3. The molecule has 0 saturated heterocycles. The van der Waals surface area contributed by atoms with Crippen molar-refractivity contribution in [3.05, 3.63) is 59.9 Å². The quantitative estimate of drug-likeness (QED) is 0.921. The number of nitrogens with zero attached hydrogens (tertiary/aromatic N) is 1. The number of ether oxygens (including phenoxy) is 1. The first-order chi connectivity index (χ1) is 10.0. The van der Waals surface area contributed by atoms with Crippen LogP contribution in [0.2, 0.25) is 0 Å². The summed E-state index contributed by atoms with van der Waals surface area (Å²) in [6.07, 6.45) is -1.06. The predicted molar refractivity (Wildman–Crippen MR) is 73.0 cm³/mol. The second kappa shape index (κ2) is 6.58. The van der Waals surface area contributed by atoms with E-state index in [0.29, 0.717) is 6.54 Å². The fourth-order valence-electron chi connectivity index (χ4n) is 1.88. The summed E-state index contributed by atoms with van der Waals surface area (Å²) in [5, 5.41) is 0. The molecule has 1 unspecified atom stereocenters. The summed E-state index contributed by atoms with van der Waals surface area (Å²) in [7, 11) is 0. The third kappa shape index (κ3) is 4.19. The number of halogens is 3. The number of pyridine rings is 1. The summed E-state index contributed by atoms with van der Waals surface area (Å²) in [6.45, 7) is 0.522. The highest BCUT2D eigenvalue weighted by Gasteiger charge is 2.30. The topological polar surface area (TPSA) is 48.1 Å². The van der Waals surface area contributed by atoms with Crippen LogP contribution >= 0.6 is 0 Å². The first-order valence-electron chi connectivity index (χ1n) is 6.40. The number of rotatable bonds is 5. The Bertz CT molecular complexity index is 573. The van der Waals surface area contributed by atoms with Crippen molar-refractivity contribution in [2.45, 2.75) is 12.1 Å². The van der Waals surface area contributed by atoms with Crippen LogP contribution in [0.15, 0.2) is 48.8 Å². The average molecular weight is 296 g/mol.